The molecule has 1 aromatic heterocycles. The van der Waals surface area contributed by atoms with Crippen LogP contribution >= 0.6 is 0 Å². The van der Waals surface area contributed by atoms with Crippen LogP contribution in [0.4, 0.5) is 10.1 Å². The largest absolute Gasteiger partial charge is 0.493 e. The number of alkyl halides is 1. The van der Waals surface area contributed by atoms with E-state index in [1.165, 1.54) is 16.5 Å². The van der Waals surface area contributed by atoms with E-state index in [4.69, 9.17) is 4.74 Å². The van der Waals surface area contributed by atoms with E-state index in [9.17, 15) is 4.39 Å². The Kier molecular flexibility index (Phi) is 4.84. The fourth-order valence-electron chi connectivity index (χ4n) is 5.16. The number of hydrogen-bond acceptors (Lipinski definition) is 5. The number of nitrogens with one attached hydrogen (secondary N) is 3. The van der Waals surface area contributed by atoms with Crippen LogP contribution in [0.5, 0.6) is 5.75 Å². The van der Waals surface area contributed by atoms with E-state index in [0.29, 0.717) is 32.0 Å². The molecule has 3 heterocycles. The first kappa shape index (κ1) is 20.0. The van der Waals surface area contributed by atoms with Gasteiger partial charge in [0.15, 0.2) is 0 Å². The highest BCUT2D eigenvalue weighted by atomic mass is 19.1. The van der Waals surface area contributed by atoms with Crippen molar-refractivity contribution in [1.29, 1.82) is 0 Å². The molecule has 1 atom stereocenters. The molecule has 0 spiro atoms. The summed E-state index contributed by atoms with van der Waals surface area (Å²) in [7, 11) is 0. The monoisotopic (exact) mass is 435 g/mol. The number of rotatable bonds is 7. The van der Waals surface area contributed by atoms with Crippen molar-refractivity contribution in [2.45, 2.75) is 43.9 Å². The first-order valence-corrected chi connectivity index (χ1v) is 11.8. The molecule has 1 saturated carbocycles. The van der Waals surface area contributed by atoms with Crippen LogP contribution < -0.4 is 15.4 Å². The average molecular weight is 436 g/mol. The summed E-state index contributed by atoms with van der Waals surface area (Å²) >= 11 is 0. The van der Waals surface area contributed by atoms with Gasteiger partial charge in [-0.05, 0) is 49.4 Å². The van der Waals surface area contributed by atoms with Gasteiger partial charge in [0.05, 0.1) is 30.4 Å². The Bertz CT molecular complexity index is 1140. The Morgan fingerprint density at radius 2 is 2.06 bits per heavy atom. The van der Waals surface area contributed by atoms with E-state index in [-0.39, 0.29) is 6.04 Å². The minimum Gasteiger partial charge on any atom is -0.493 e. The summed E-state index contributed by atoms with van der Waals surface area (Å²) in [5, 5.41) is 15.4. The molecule has 3 aromatic rings. The zero-order valence-corrected chi connectivity index (χ0v) is 18.5. The number of benzene rings is 2. The van der Waals surface area contributed by atoms with Crippen LogP contribution in [-0.4, -0.2) is 59.6 Å². The number of hydrogen-bond donors (Lipinski definition) is 3. The quantitative estimate of drug-likeness (QED) is 0.527. The summed E-state index contributed by atoms with van der Waals surface area (Å²) in [5.74, 6) is 0.878. The predicted octanol–water partition coefficient (Wildman–Crippen LogP) is 3.79. The molecule has 0 amide bonds. The molecule has 6 nitrogen and oxygen atoms in total. The van der Waals surface area contributed by atoms with E-state index in [0.717, 1.165) is 48.6 Å². The lowest BCUT2D eigenvalue weighted by Crippen LogP contribution is -2.51. The van der Waals surface area contributed by atoms with Crippen molar-refractivity contribution in [3.05, 3.63) is 53.2 Å². The van der Waals surface area contributed by atoms with Crippen molar-refractivity contribution in [2.75, 3.05) is 38.1 Å². The van der Waals surface area contributed by atoms with E-state index < -0.39 is 5.67 Å². The normalized spacial score (nSPS) is 22.4. The summed E-state index contributed by atoms with van der Waals surface area (Å²) in [6.07, 6.45) is 4.15. The first-order valence-electron chi connectivity index (χ1n) is 11.8. The molecule has 6 rings (SSSR count). The molecule has 0 radical (unpaired) electrons. The third kappa shape index (κ3) is 3.53. The van der Waals surface area contributed by atoms with Crippen LogP contribution in [0.25, 0.3) is 10.9 Å². The fraction of sp³-hybridized carbons (Fsp3) is 0.480. The number of halogens is 1. The average Bonchev–Trinajstić information content (AvgIpc) is 3.29. The fourth-order valence-corrected chi connectivity index (χ4v) is 5.16. The van der Waals surface area contributed by atoms with Crippen molar-refractivity contribution in [1.82, 2.24) is 20.4 Å². The SMILES string of the molecule is CCOc1cc(NC2CNC2)ccc1[C@@H]1c2ccc3[nH]ncc3c2CCN1CC1(F)CC1. The van der Waals surface area contributed by atoms with Gasteiger partial charge in [0, 0.05) is 48.9 Å². The zero-order chi connectivity index (χ0) is 21.7. The van der Waals surface area contributed by atoms with Crippen molar-refractivity contribution >= 4 is 16.6 Å². The third-order valence-electron chi connectivity index (χ3n) is 7.12. The molecule has 2 aromatic carbocycles. The summed E-state index contributed by atoms with van der Waals surface area (Å²) in [6.45, 7) is 5.87. The summed E-state index contributed by atoms with van der Waals surface area (Å²) in [4.78, 5) is 2.32. The van der Waals surface area contributed by atoms with Crippen molar-refractivity contribution < 1.29 is 9.13 Å². The van der Waals surface area contributed by atoms with Crippen LogP contribution in [-0.2, 0) is 6.42 Å². The standard InChI is InChI=1S/C25H30FN5O/c1-2-32-23-11-16(29-17-12-27-13-17)3-4-20(23)24-19-5-6-22-21(14-28-30-22)18(19)7-10-31(24)15-25(26)8-9-25/h3-6,11,14,17,24,27,29H,2,7-10,12-13,15H2,1H3,(H,28,30)/t24-/m0/s1. The molecule has 3 N–H and O–H groups in total. The molecule has 7 heteroatoms. The number of aromatic nitrogens is 2. The van der Waals surface area contributed by atoms with Gasteiger partial charge in [-0.2, -0.15) is 5.10 Å². The minimum absolute atomic E-state index is 0.0350. The third-order valence-corrected chi connectivity index (χ3v) is 7.12. The highest BCUT2D eigenvalue weighted by Gasteiger charge is 2.47. The van der Waals surface area contributed by atoms with Gasteiger partial charge in [-0.1, -0.05) is 12.1 Å². The Morgan fingerprint density at radius 3 is 2.81 bits per heavy atom. The second-order valence-electron chi connectivity index (χ2n) is 9.42. The number of anilines is 1. The molecular formula is C25H30FN5O. The lowest BCUT2D eigenvalue weighted by Gasteiger charge is -2.39. The van der Waals surface area contributed by atoms with Crippen LogP contribution in [0.2, 0.25) is 0 Å². The van der Waals surface area contributed by atoms with Crippen molar-refractivity contribution in [3.63, 3.8) is 0 Å². The van der Waals surface area contributed by atoms with Gasteiger partial charge < -0.3 is 15.4 Å². The van der Waals surface area contributed by atoms with Gasteiger partial charge in [0.25, 0.3) is 0 Å². The van der Waals surface area contributed by atoms with Crippen LogP contribution in [0, 0.1) is 0 Å². The van der Waals surface area contributed by atoms with Crippen LogP contribution in [0.3, 0.4) is 0 Å². The number of nitrogens with zero attached hydrogens (tertiary/aromatic N) is 2. The zero-order valence-electron chi connectivity index (χ0n) is 18.5. The summed E-state index contributed by atoms with van der Waals surface area (Å²) < 4.78 is 21.1. The number of H-pyrrole nitrogens is 1. The second kappa shape index (κ2) is 7.74. The van der Waals surface area contributed by atoms with E-state index in [1.807, 2.05) is 13.1 Å². The molecule has 0 unspecified atom stereocenters. The Balaban J connectivity index is 1.44. The molecule has 32 heavy (non-hydrogen) atoms. The highest BCUT2D eigenvalue weighted by Crippen LogP contribution is 2.47. The van der Waals surface area contributed by atoms with Gasteiger partial charge in [-0.25, -0.2) is 4.39 Å². The van der Waals surface area contributed by atoms with Gasteiger partial charge in [-0.3, -0.25) is 10.00 Å². The summed E-state index contributed by atoms with van der Waals surface area (Å²) in [6, 6.07) is 11.1. The van der Waals surface area contributed by atoms with Crippen molar-refractivity contribution in [3.8, 4) is 5.75 Å². The van der Waals surface area contributed by atoms with Gasteiger partial charge in [-0.15, -0.1) is 0 Å². The molecule has 2 aliphatic heterocycles. The molecular weight excluding hydrogens is 405 g/mol. The van der Waals surface area contributed by atoms with Gasteiger partial charge >= 0.3 is 0 Å². The van der Waals surface area contributed by atoms with E-state index >= 15 is 0 Å². The highest BCUT2D eigenvalue weighted by molar-refractivity contribution is 5.83. The van der Waals surface area contributed by atoms with Crippen LogP contribution in [0.15, 0.2) is 36.5 Å². The Hall–Kier alpha value is -2.64. The molecule has 2 fully saturated rings. The molecule has 1 aliphatic carbocycles. The molecule has 3 aliphatic rings. The predicted molar refractivity (Wildman–Crippen MR) is 124 cm³/mol. The molecule has 1 saturated heterocycles. The lowest BCUT2D eigenvalue weighted by molar-refractivity contribution is 0.138. The Morgan fingerprint density at radius 1 is 1.22 bits per heavy atom. The topological polar surface area (TPSA) is 65.2 Å². The van der Waals surface area contributed by atoms with Crippen molar-refractivity contribution in [2.24, 2.45) is 0 Å². The Labute approximate surface area is 187 Å². The van der Waals surface area contributed by atoms with E-state index in [2.05, 4.69) is 56.1 Å². The van der Waals surface area contributed by atoms with Crippen LogP contribution in [0.1, 0.15) is 42.5 Å². The number of aromatic amines is 1. The number of ether oxygens (including phenoxy) is 1. The minimum atomic E-state index is -1.04. The van der Waals surface area contributed by atoms with E-state index in [1.54, 1.807) is 0 Å². The maximum atomic E-state index is 15.0. The molecule has 0 bridgehead atoms. The maximum absolute atomic E-state index is 15.0. The molecule has 168 valence electrons. The summed E-state index contributed by atoms with van der Waals surface area (Å²) in [5.41, 5.74) is 4.74. The van der Waals surface area contributed by atoms with Gasteiger partial charge in [0.1, 0.15) is 11.4 Å². The maximum Gasteiger partial charge on any atom is 0.126 e. The second-order valence-corrected chi connectivity index (χ2v) is 9.42. The lowest BCUT2D eigenvalue weighted by atomic mass is 9.85. The smallest absolute Gasteiger partial charge is 0.126 e. The number of fused-ring (bicyclic) bond motifs is 3. The first-order chi connectivity index (χ1) is 15.6. The van der Waals surface area contributed by atoms with Gasteiger partial charge in [0.2, 0.25) is 0 Å².